The summed E-state index contributed by atoms with van der Waals surface area (Å²) < 4.78 is 31.7. The van der Waals surface area contributed by atoms with Crippen LogP contribution in [0, 0.1) is 0 Å². The number of halogens is 5. The second-order valence-electron chi connectivity index (χ2n) is 4.49. The van der Waals surface area contributed by atoms with Crippen LogP contribution in [-0.2, 0) is 14.4 Å². The van der Waals surface area contributed by atoms with Crippen LogP contribution in [0.25, 0.3) is 0 Å². The molecule has 146 valence electrons. The molecular weight excluding hydrogens is 404 g/mol. The maximum atomic E-state index is 10.6. The zero-order valence-electron chi connectivity index (χ0n) is 13.1. The Morgan fingerprint density at radius 2 is 1.73 bits per heavy atom. The van der Waals surface area contributed by atoms with E-state index < -0.39 is 18.1 Å². The number of rotatable bonds is 7. The molecule has 4 N–H and O–H groups in total. The number of nitrogens with two attached hydrogens (primary N) is 1. The van der Waals surface area contributed by atoms with Gasteiger partial charge in [0.25, 0.3) is 0 Å². The third kappa shape index (κ3) is 10.1. The lowest BCUT2D eigenvalue weighted by Gasteiger charge is -2.07. The minimum Gasteiger partial charge on any atom is -0.481 e. The average Bonchev–Trinajstić information content (AvgIpc) is 2.53. The summed E-state index contributed by atoms with van der Waals surface area (Å²) in [4.78, 5) is 24.5. The fraction of sp³-hybridized carbons (Fsp3) is 0.357. The number of carboxylic acids is 2. The third-order valence-corrected chi connectivity index (χ3v) is 3.19. The first-order valence-corrected chi connectivity index (χ1v) is 7.60. The van der Waals surface area contributed by atoms with Gasteiger partial charge >= 0.3 is 18.1 Å². The molecule has 0 saturated heterocycles. The average molecular weight is 419 g/mol. The number of hydrogen-bond donors (Lipinski definition) is 3. The van der Waals surface area contributed by atoms with Crippen molar-refractivity contribution in [2.45, 2.75) is 19.0 Å². The van der Waals surface area contributed by atoms with Gasteiger partial charge in [0.1, 0.15) is 6.61 Å². The Morgan fingerprint density at radius 1 is 1.15 bits per heavy atom. The number of hydrogen-bond acceptors (Lipinski definition) is 5. The maximum absolute atomic E-state index is 10.6. The van der Waals surface area contributed by atoms with E-state index in [1.807, 2.05) is 0 Å². The second-order valence-corrected chi connectivity index (χ2v) is 5.30. The predicted octanol–water partition coefficient (Wildman–Crippen LogP) is 3.17. The molecule has 0 radical (unpaired) electrons. The van der Waals surface area contributed by atoms with Crippen molar-refractivity contribution < 1.29 is 37.8 Å². The quantitative estimate of drug-likeness (QED) is 0.355. The number of oxime groups is 1. The summed E-state index contributed by atoms with van der Waals surface area (Å²) in [6.07, 6.45) is -4.90. The van der Waals surface area contributed by atoms with E-state index in [1.54, 1.807) is 18.2 Å². The third-order valence-electron chi connectivity index (χ3n) is 2.45. The van der Waals surface area contributed by atoms with Crippen LogP contribution in [-0.4, -0.2) is 47.2 Å². The van der Waals surface area contributed by atoms with E-state index in [1.165, 1.54) is 0 Å². The molecule has 0 fully saturated rings. The highest BCUT2D eigenvalue weighted by Crippen LogP contribution is 2.23. The molecule has 0 amide bonds. The van der Waals surface area contributed by atoms with Gasteiger partial charge in [-0.3, -0.25) is 4.79 Å². The molecule has 0 saturated carbocycles. The summed E-state index contributed by atoms with van der Waals surface area (Å²) in [5.41, 5.74) is 6.46. The van der Waals surface area contributed by atoms with Gasteiger partial charge in [0.2, 0.25) is 0 Å². The SMILES string of the molecule is NCCON=C(CCC(=O)O)c1ccc(Cl)c(Cl)c1.O=C(O)C(F)(F)F. The molecule has 0 spiro atoms. The van der Waals surface area contributed by atoms with Crippen LogP contribution in [0.5, 0.6) is 0 Å². The summed E-state index contributed by atoms with van der Waals surface area (Å²) in [7, 11) is 0. The van der Waals surface area contributed by atoms with Crippen molar-refractivity contribution in [3.63, 3.8) is 0 Å². The minimum absolute atomic E-state index is 0.0505. The lowest BCUT2D eigenvalue weighted by molar-refractivity contribution is -0.192. The van der Waals surface area contributed by atoms with Gasteiger partial charge in [-0.1, -0.05) is 34.4 Å². The lowest BCUT2D eigenvalue weighted by atomic mass is 10.1. The molecule has 0 aliphatic heterocycles. The summed E-state index contributed by atoms with van der Waals surface area (Å²) in [6.45, 7) is 0.592. The van der Waals surface area contributed by atoms with E-state index in [4.69, 9.17) is 48.8 Å². The van der Waals surface area contributed by atoms with Crippen molar-refractivity contribution in [1.29, 1.82) is 0 Å². The van der Waals surface area contributed by atoms with Crippen LogP contribution in [0.1, 0.15) is 18.4 Å². The molecule has 0 atom stereocenters. The van der Waals surface area contributed by atoms with Crippen molar-refractivity contribution in [3.05, 3.63) is 33.8 Å². The van der Waals surface area contributed by atoms with Crippen LogP contribution < -0.4 is 5.73 Å². The van der Waals surface area contributed by atoms with Gasteiger partial charge in [-0.2, -0.15) is 13.2 Å². The highest BCUT2D eigenvalue weighted by molar-refractivity contribution is 6.42. The first-order chi connectivity index (χ1) is 12.0. The van der Waals surface area contributed by atoms with Crippen LogP contribution in [0.3, 0.4) is 0 Å². The monoisotopic (exact) mass is 418 g/mol. The van der Waals surface area contributed by atoms with Crippen LogP contribution in [0.15, 0.2) is 23.4 Å². The first kappa shape index (κ1) is 24.0. The minimum atomic E-state index is -5.08. The molecule has 1 aromatic carbocycles. The topological polar surface area (TPSA) is 122 Å². The van der Waals surface area contributed by atoms with Gasteiger partial charge in [0, 0.05) is 18.5 Å². The maximum Gasteiger partial charge on any atom is 0.490 e. The van der Waals surface area contributed by atoms with Gasteiger partial charge < -0.3 is 20.8 Å². The summed E-state index contributed by atoms with van der Waals surface area (Å²) in [5.74, 6) is -3.67. The number of aliphatic carboxylic acids is 2. The molecule has 12 heteroatoms. The fourth-order valence-electron chi connectivity index (χ4n) is 1.32. The standard InChI is InChI=1S/C12H14Cl2N2O3.C2HF3O2/c13-9-2-1-8(7-10(9)14)11(3-4-12(17)18)16-19-6-5-15;3-2(4,5)1(6)7/h1-2,7H,3-6,15H2,(H,17,18);(H,6,7). The van der Waals surface area contributed by atoms with Crippen molar-refractivity contribution in [1.82, 2.24) is 0 Å². The van der Waals surface area contributed by atoms with E-state index in [2.05, 4.69) is 5.16 Å². The Labute approximate surface area is 156 Å². The normalized spacial score (nSPS) is 11.4. The smallest absolute Gasteiger partial charge is 0.481 e. The lowest BCUT2D eigenvalue weighted by Crippen LogP contribution is -2.21. The van der Waals surface area contributed by atoms with Crippen LogP contribution in [0.4, 0.5) is 13.2 Å². The van der Waals surface area contributed by atoms with Crippen LogP contribution in [0.2, 0.25) is 10.0 Å². The molecule has 1 aromatic rings. The van der Waals surface area contributed by atoms with E-state index in [-0.39, 0.29) is 19.4 Å². The molecular formula is C14H15Cl2F3N2O5. The molecule has 1 rings (SSSR count). The first-order valence-electron chi connectivity index (χ1n) is 6.85. The van der Waals surface area contributed by atoms with Gasteiger partial charge in [-0.15, -0.1) is 0 Å². The highest BCUT2D eigenvalue weighted by Gasteiger charge is 2.38. The van der Waals surface area contributed by atoms with Gasteiger partial charge in [-0.05, 0) is 12.1 Å². The Balaban J connectivity index is 0.000000758. The van der Waals surface area contributed by atoms with Crippen molar-refractivity contribution >= 4 is 40.9 Å². The summed E-state index contributed by atoms with van der Waals surface area (Å²) >= 11 is 11.7. The largest absolute Gasteiger partial charge is 0.490 e. The van der Waals surface area contributed by atoms with Crippen molar-refractivity contribution in [3.8, 4) is 0 Å². The number of alkyl halides is 3. The molecule has 7 nitrogen and oxygen atoms in total. The molecule has 26 heavy (non-hydrogen) atoms. The Kier molecular flexibility index (Phi) is 10.6. The Hall–Kier alpha value is -2.04. The summed E-state index contributed by atoms with van der Waals surface area (Å²) in [5, 5.41) is 20.5. The number of carbonyl (C=O) groups is 2. The van der Waals surface area contributed by atoms with Gasteiger partial charge in [0.05, 0.1) is 22.2 Å². The predicted molar refractivity (Wildman–Crippen MR) is 88.6 cm³/mol. The zero-order valence-corrected chi connectivity index (χ0v) is 14.6. The van der Waals surface area contributed by atoms with Crippen molar-refractivity contribution in [2.75, 3.05) is 13.2 Å². The number of benzene rings is 1. The zero-order chi connectivity index (χ0) is 20.3. The Morgan fingerprint density at radius 3 is 2.15 bits per heavy atom. The van der Waals surface area contributed by atoms with Crippen molar-refractivity contribution in [2.24, 2.45) is 10.9 Å². The highest BCUT2D eigenvalue weighted by atomic mass is 35.5. The van der Waals surface area contributed by atoms with Crippen LogP contribution >= 0.6 is 23.2 Å². The molecule has 0 heterocycles. The molecule has 0 aliphatic carbocycles. The van der Waals surface area contributed by atoms with Gasteiger partial charge in [-0.25, -0.2) is 4.79 Å². The summed E-state index contributed by atoms with van der Waals surface area (Å²) in [6, 6.07) is 4.95. The fourth-order valence-corrected chi connectivity index (χ4v) is 1.62. The molecule has 0 unspecified atom stereocenters. The molecule has 0 aliphatic rings. The van der Waals surface area contributed by atoms with E-state index in [0.717, 1.165) is 0 Å². The van der Waals surface area contributed by atoms with E-state index in [0.29, 0.717) is 27.9 Å². The van der Waals surface area contributed by atoms with E-state index >= 15 is 0 Å². The van der Waals surface area contributed by atoms with Gasteiger partial charge in [0.15, 0.2) is 0 Å². The number of carboxylic acid groups (broad SMARTS) is 2. The molecule has 0 bridgehead atoms. The molecule has 0 aromatic heterocycles. The Bertz CT molecular complexity index is 654. The van der Waals surface area contributed by atoms with E-state index in [9.17, 15) is 18.0 Å². The number of nitrogens with zero attached hydrogens (tertiary/aromatic N) is 1. The second kappa shape index (κ2) is 11.6.